The van der Waals surface area contributed by atoms with Crippen molar-refractivity contribution in [3.8, 4) is 0 Å². The highest BCUT2D eigenvalue weighted by Gasteiger charge is 2.10. The molecular formula is C16H15Cl2N3OS. The second-order valence-electron chi connectivity index (χ2n) is 5.17. The third-order valence-corrected chi connectivity index (χ3v) is 4.96. The van der Waals surface area contributed by atoms with Crippen LogP contribution in [0.3, 0.4) is 0 Å². The normalized spacial score (nSPS) is 11.5. The number of fused-ring (bicyclic) bond motifs is 1. The summed E-state index contributed by atoms with van der Waals surface area (Å²) in [5.41, 5.74) is 1.23. The molecule has 0 spiro atoms. The third-order valence-electron chi connectivity index (χ3n) is 3.52. The molecule has 0 radical (unpaired) electrons. The lowest BCUT2D eigenvalue weighted by molar-refractivity contribution is 0.270. The molecular weight excluding hydrogens is 353 g/mol. The maximum atomic E-state index is 12.2. The minimum Gasteiger partial charge on any atom is -0.293 e. The van der Waals surface area contributed by atoms with E-state index >= 15 is 0 Å². The summed E-state index contributed by atoms with van der Waals surface area (Å²) in [7, 11) is 0. The first kappa shape index (κ1) is 16.5. The van der Waals surface area contributed by atoms with Crippen LogP contribution in [0, 0.1) is 0 Å². The fourth-order valence-corrected chi connectivity index (χ4v) is 3.66. The van der Waals surface area contributed by atoms with E-state index in [1.807, 2.05) is 12.1 Å². The van der Waals surface area contributed by atoms with E-state index in [1.165, 1.54) is 9.28 Å². The van der Waals surface area contributed by atoms with Crippen LogP contribution in [0.25, 0.3) is 5.65 Å². The van der Waals surface area contributed by atoms with E-state index in [0.29, 0.717) is 17.2 Å². The fourth-order valence-electron chi connectivity index (χ4n) is 2.37. The van der Waals surface area contributed by atoms with E-state index in [9.17, 15) is 4.79 Å². The van der Waals surface area contributed by atoms with Crippen LogP contribution in [0.5, 0.6) is 0 Å². The van der Waals surface area contributed by atoms with E-state index in [0.717, 1.165) is 23.1 Å². The Balaban J connectivity index is 1.84. The van der Waals surface area contributed by atoms with Gasteiger partial charge in [0, 0.05) is 30.2 Å². The van der Waals surface area contributed by atoms with Gasteiger partial charge in [-0.1, -0.05) is 30.1 Å². The molecule has 0 saturated carbocycles. The van der Waals surface area contributed by atoms with Crippen LogP contribution >= 0.6 is 34.5 Å². The summed E-state index contributed by atoms with van der Waals surface area (Å²) in [5, 5.41) is 0.513. The molecule has 120 valence electrons. The molecule has 0 aromatic carbocycles. The summed E-state index contributed by atoms with van der Waals surface area (Å²) in [6.07, 6.45) is 1.58. The highest BCUT2D eigenvalue weighted by Crippen LogP contribution is 2.23. The number of aromatic nitrogens is 2. The molecule has 3 rings (SSSR count). The first-order chi connectivity index (χ1) is 11.0. The van der Waals surface area contributed by atoms with E-state index in [2.05, 4.69) is 16.8 Å². The molecule has 0 fully saturated rings. The van der Waals surface area contributed by atoms with Crippen molar-refractivity contribution in [2.75, 3.05) is 6.54 Å². The number of hydrogen-bond donors (Lipinski definition) is 0. The number of rotatable bonds is 5. The quantitative estimate of drug-likeness (QED) is 0.681. The van der Waals surface area contributed by atoms with Gasteiger partial charge in [0.1, 0.15) is 5.65 Å². The van der Waals surface area contributed by atoms with Gasteiger partial charge in [-0.3, -0.25) is 14.1 Å². The molecule has 0 atom stereocenters. The van der Waals surface area contributed by atoms with Crippen molar-refractivity contribution in [1.29, 1.82) is 0 Å². The molecule has 3 heterocycles. The van der Waals surface area contributed by atoms with Gasteiger partial charge in [0.15, 0.2) is 0 Å². The number of hydrogen-bond acceptors (Lipinski definition) is 4. The summed E-state index contributed by atoms with van der Waals surface area (Å²) < 4.78 is 2.25. The molecule has 0 unspecified atom stereocenters. The van der Waals surface area contributed by atoms with Gasteiger partial charge in [-0.05, 0) is 30.8 Å². The van der Waals surface area contributed by atoms with Crippen molar-refractivity contribution in [2.24, 2.45) is 0 Å². The topological polar surface area (TPSA) is 37.6 Å². The van der Waals surface area contributed by atoms with E-state index in [4.69, 9.17) is 23.2 Å². The lowest BCUT2D eigenvalue weighted by Crippen LogP contribution is -2.24. The van der Waals surface area contributed by atoms with Crippen LogP contribution in [0.2, 0.25) is 9.36 Å². The molecule has 4 nitrogen and oxygen atoms in total. The summed E-state index contributed by atoms with van der Waals surface area (Å²) >= 11 is 13.5. The zero-order valence-electron chi connectivity index (χ0n) is 12.5. The van der Waals surface area contributed by atoms with E-state index in [1.54, 1.807) is 35.7 Å². The van der Waals surface area contributed by atoms with Crippen molar-refractivity contribution in [3.05, 3.63) is 66.8 Å². The number of nitrogens with zero attached hydrogens (tertiary/aromatic N) is 3. The molecule has 0 aliphatic rings. The van der Waals surface area contributed by atoms with Crippen LogP contribution in [0.1, 0.15) is 17.5 Å². The number of thiophene rings is 1. The predicted octanol–water partition coefficient (Wildman–Crippen LogP) is 4.08. The number of pyridine rings is 1. The first-order valence-corrected chi connectivity index (χ1v) is 8.77. The van der Waals surface area contributed by atoms with Crippen molar-refractivity contribution in [2.45, 2.75) is 20.0 Å². The molecule has 7 heteroatoms. The van der Waals surface area contributed by atoms with Gasteiger partial charge >= 0.3 is 0 Å². The Kier molecular flexibility index (Phi) is 5.02. The molecule has 0 amide bonds. The molecule has 0 bridgehead atoms. The summed E-state index contributed by atoms with van der Waals surface area (Å²) in [6.45, 7) is 4.34. The first-order valence-electron chi connectivity index (χ1n) is 7.19. The Bertz CT molecular complexity index is 890. The number of halogens is 2. The Morgan fingerprint density at radius 1 is 1.22 bits per heavy atom. The van der Waals surface area contributed by atoms with Gasteiger partial charge in [0.25, 0.3) is 5.56 Å². The summed E-state index contributed by atoms with van der Waals surface area (Å²) in [4.78, 5) is 20.2. The minimum absolute atomic E-state index is 0.122. The molecule has 0 aliphatic heterocycles. The molecule has 3 aromatic rings. The Labute approximate surface area is 147 Å². The van der Waals surface area contributed by atoms with Gasteiger partial charge in [0.2, 0.25) is 0 Å². The highest BCUT2D eigenvalue weighted by molar-refractivity contribution is 7.16. The molecule has 0 N–H and O–H groups in total. The minimum atomic E-state index is -0.122. The van der Waals surface area contributed by atoms with Crippen molar-refractivity contribution in [1.82, 2.24) is 14.3 Å². The zero-order chi connectivity index (χ0) is 16.4. The second kappa shape index (κ2) is 7.01. The molecule has 23 heavy (non-hydrogen) atoms. The van der Waals surface area contributed by atoms with Gasteiger partial charge < -0.3 is 0 Å². The standard InChI is InChI=1S/C16H15Cl2N3OS/c1-2-20(10-13-4-5-14(18)23-13)9-12-7-16(22)21-8-11(17)3-6-15(21)19-12/h3-8H,2,9-10H2,1H3. The molecule has 0 saturated heterocycles. The highest BCUT2D eigenvalue weighted by atomic mass is 35.5. The van der Waals surface area contributed by atoms with Crippen LogP contribution < -0.4 is 5.56 Å². The maximum absolute atomic E-state index is 12.2. The third kappa shape index (κ3) is 3.93. The second-order valence-corrected chi connectivity index (χ2v) is 7.41. The average molecular weight is 368 g/mol. The summed E-state index contributed by atoms with van der Waals surface area (Å²) in [6, 6.07) is 8.98. The SMILES string of the molecule is CCN(Cc1cc(=O)n2cc(Cl)ccc2n1)Cc1ccc(Cl)s1. The van der Waals surface area contributed by atoms with Crippen molar-refractivity contribution >= 4 is 40.2 Å². The predicted molar refractivity (Wildman–Crippen MR) is 95.6 cm³/mol. The van der Waals surface area contributed by atoms with Crippen molar-refractivity contribution in [3.63, 3.8) is 0 Å². The average Bonchev–Trinajstić information content (AvgIpc) is 2.92. The lowest BCUT2D eigenvalue weighted by atomic mass is 10.3. The Morgan fingerprint density at radius 2 is 2.04 bits per heavy atom. The van der Waals surface area contributed by atoms with E-state index in [-0.39, 0.29) is 5.56 Å². The van der Waals surface area contributed by atoms with Crippen LogP contribution in [0.4, 0.5) is 0 Å². The molecule has 0 aliphatic carbocycles. The Morgan fingerprint density at radius 3 is 2.74 bits per heavy atom. The largest absolute Gasteiger partial charge is 0.293 e. The van der Waals surface area contributed by atoms with E-state index < -0.39 is 0 Å². The lowest BCUT2D eigenvalue weighted by Gasteiger charge is -2.19. The molecule has 3 aromatic heterocycles. The van der Waals surface area contributed by atoms with Gasteiger partial charge in [0.05, 0.1) is 15.1 Å². The maximum Gasteiger partial charge on any atom is 0.258 e. The zero-order valence-corrected chi connectivity index (χ0v) is 14.8. The van der Waals surface area contributed by atoms with Gasteiger partial charge in [-0.15, -0.1) is 11.3 Å². The van der Waals surface area contributed by atoms with Gasteiger partial charge in [-0.25, -0.2) is 4.98 Å². The van der Waals surface area contributed by atoms with Crippen LogP contribution in [0.15, 0.2) is 41.3 Å². The van der Waals surface area contributed by atoms with Crippen LogP contribution in [-0.4, -0.2) is 20.8 Å². The smallest absolute Gasteiger partial charge is 0.258 e. The summed E-state index contributed by atoms with van der Waals surface area (Å²) in [5.74, 6) is 0. The fraction of sp³-hybridized carbons (Fsp3) is 0.250. The van der Waals surface area contributed by atoms with Crippen molar-refractivity contribution < 1.29 is 0 Å². The monoisotopic (exact) mass is 367 g/mol. The Hall–Kier alpha value is -1.40. The van der Waals surface area contributed by atoms with Gasteiger partial charge in [-0.2, -0.15) is 0 Å². The van der Waals surface area contributed by atoms with Crippen LogP contribution in [-0.2, 0) is 13.1 Å².